The number of aliphatic carboxylic acids is 2. The first-order valence-electron chi connectivity index (χ1n) is 10.7. The Morgan fingerprint density at radius 3 is 2.26 bits per heavy atom. The zero-order chi connectivity index (χ0) is 24.7. The summed E-state index contributed by atoms with van der Waals surface area (Å²) in [5.74, 6) is -5.66. The molecule has 10 heteroatoms. The molecule has 2 aromatic carbocycles. The van der Waals surface area contributed by atoms with Crippen LogP contribution < -0.4 is 5.32 Å². The van der Waals surface area contributed by atoms with E-state index in [-0.39, 0.29) is 23.8 Å². The second kappa shape index (κ2) is 11.2. The molecule has 3 rings (SSSR count). The molecule has 0 radical (unpaired) electrons. The number of rotatable bonds is 8. The number of methoxy groups -OCH3 is 1. The molecule has 0 aromatic heterocycles. The van der Waals surface area contributed by atoms with Crippen molar-refractivity contribution in [1.82, 2.24) is 4.90 Å². The number of carbonyl (C=O) groups is 4. The summed E-state index contributed by atoms with van der Waals surface area (Å²) in [4.78, 5) is 49.1. The number of amides is 1. The third kappa shape index (κ3) is 6.03. The summed E-state index contributed by atoms with van der Waals surface area (Å²) in [7, 11) is 1.18. The molecule has 0 unspecified atom stereocenters. The normalized spacial score (nSPS) is 13.9. The number of likely N-dealkylation sites (tertiary alicyclic amines) is 1. The largest absolute Gasteiger partial charge is 0.480 e. The van der Waals surface area contributed by atoms with Crippen molar-refractivity contribution >= 4 is 29.7 Å². The van der Waals surface area contributed by atoms with Gasteiger partial charge in [0.25, 0.3) is 0 Å². The van der Waals surface area contributed by atoms with Crippen LogP contribution in [0.5, 0.6) is 0 Å². The second-order valence-electron chi connectivity index (χ2n) is 7.85. The maximum absolute atomic E-state index is 12.4. The van der Waals surface area contributed by atoms with E-state index in [4.69, 9.17) is 4.74 Å². The molecule has 1 aliphatic rings. The molecule has 0 spiro atoms. The minimum atomic E-state index is -1.86. The van der Waals surface area contributed by atoms with E-state index in [1.807, 2.05) is 30.3 Å². The quantitative estimate of drug-likeness (QED) is 0.392. The van der Waals surface area contributed by atoms with Gasteiger partial charge in [-0.1, -0.05) is 30.3 Å². The van der Waals surface area contributed by atoms with E-state index in [1.165, 1.54) is 25.3 Å². The molecular weight excluding hydrogens is 444 g/mol. The molecule has 0 atom stereocenters. The monoisotopic (exact) mass is 470 g/mol. The fourth-order valence-corrected chi connectivity index (χ4v) is 3.79. The molecule has 34 heavy (non-hydrogen) atoms. The SMILES string of the molecule is COC(=O)c1ccc(NC2CCN(C(=O)OCc3ccccc3)CC2)c(C(C(=O)O)C(=O)O)c1. The number of carboxylic acids is 2. The summed E-state index contributed by atoms with van der Waals surface area (Å²) < 4.78 is 10.0. The van der Waals surface area contributed by atoms with Crippen LogP contribution in [-0.2, 0) is 25.7 Å². The van der Waals surface area contributed by atoms with Crippen molar-refractivity contribution in [2.75, 3.05) is 25.5 Å². The minimum absolute atomic E-state index is 0.0477. The van der Waals surface area contributed by atoms with Crippen molar-refractivity contribution in [3.05, 3.63) is 65.2 Å². The number of benzene rings is 2. The van der Waals surface area contributed by atoms with Crippen molar-refractivity contribution in [2.45, 2.75) is 31.4 Å². The van der Waals surface area contributed by atoms with Gasteiger partial charge in [-0.15, -0.1) is 0 Å². The lowest BCUT2D eigenvalue weighted by molar-refractivity contribution is -0.150. The summed E-state index contributed by atoms with van der Waals surface area (Å²) >= 11 is 0. The molecular formula is C24H26N2O8. The molecule has 1 amide bonds. The van der Waals surface area contributed by atoms with E-state index in [9.17, 15) is 29.4 Å². The molecule has 2 aromatic rings. The third-order valence-electron chi connectivity index (χ3n) is 5.60. The first-order chi connectivity index (χ1) is 16.3. The number of piperidine rings is 1. The maximum atomic E-state index is 12.4. The zero-order valence-electron chi connectivity index (χ0n) is 18.6. The van der Waals surface area contributed by atoms with Gasteiger partial charge >= 0.3 is 24.0 Å². The van der Waals surface area contributed by atoms with E-state index >= 15 is 0 Å². The van der Waals surface area contributed by atoms with Crippen molar-refractivity contribution in [3.63, 3.8) is 0 Å². The second-order valence-corrected chi connectivity index (χ2v) is 7.85. The van der Waals surface area contributed by atoms with Crippen LogP contribution in [0, 0.1) is 0 Å². The summed E-state index contributed by atoms with van der Waals surface area (Å²) in [6, 6.07) is 13.3. The van der Waals surface area contributed by atoms with Gasteiger partial charge in [-0.3, -0.25) is 9.59 Å². The number of carbonyl (C=O) groups excluding carboxylic acids is 2. The van der Waals surface area contributed by atoms with Crippen molar-refractivity contribution in [2.24, 2.45) is 0 Å². The van der Waals surface area contributed by atoms with Gasteiger partial charge < -0.3 is 29.9 Å². The number of esters is 1. The van der Waals surface area contributed by atoms with Crippen LogP contribution in [0.1, 0.15) is 40.2 Å². The Morgan fingerprint density at radius 2 is 1.68 bits per heavy atom. The van der Waals surface area contributed by atoms with Crippen molar-refractivity contribution in [3.8, 4) is 0 Å². The maximum Gasteiger partial charge on any atom is 0.410 e. The van der Waals surface area contributed by atoms with E-state index in [0.717, 1.165) is 5.56 Å². The van der Waals surface area contributed by atoms with Gasteiger partial charge in [0, 0.05) is 30.4 Å². The smallest absolute Gasteiger partial charge is 0.410 e. The molecule has 1 heterocycles. The highest BCUT2D eigenvalue weighted by atomic mass is 16.6. The van der Waals surface area contributed by atoms with Gasteiger partial charge in [0.15, 0.2) is 5.92 Å². The van der Waals surface area contributed by atoms with E-state index in [0.29, 0.717) is 31.6 Å². The third-order valence-corrected chi connectivity index (χ3v) is 5.60. The fraction of sp³-hybridized carbons (Fsp3) is 0.333. The molecule has 180 valence electrons. The first-order valence-corrected chi connectivity index (χ1v) is 10.7. The number of anilines is 1. The number of nitrogens with zero attached hydrogens (tertiary/aromatic N) is 1. The molecule has 1 aliphatic heterocycles. The van der Waals surface area contributed by atoms with Gasteiger partial charge in [0.2, 0.25) is 0 Å². The highest BCUT2D eigenvalue weighted by molar-refractivity contribution is 6.01. The highest BCUT2D eigenvalue weighted by Crippen LogP contribution is 2.29. The number of ether oxygens (including phenoxy) is 2. The number of hydrogen-bond donors (Lipinski definition) is 3. The van der Waals surface area contributed by atoms with Crippen LogP contribution in [-0.4, -0.2) is 65.4 Å². The van der Waals surface area contributed by atoms with Gasteiger partial charge in [0.1, 0.15) is 6.61 Å². The van der Waals surface area contributed by atoms with E-state index < -0.39 is 29.9 Å². The minimum Gasteiger partial charge on any atom is -0.480 e. The first kappa shape index (κ1) is 24.6. The van der Waals surface area contributed by atoms with Crippen LogP contribution in [0.25, 0.3) is 0 Å². The standard InChI is InChI=1S/C24H26N2O8/c1-33-23(31)16-7-8-19(18(13-16)20(21(27)28)22(29)30)25-17-9-11-26(12-10-17)24(32)34-14-15-5-3-2-4-6-15/h2-8,13,17,20,25H,9-12,14H2,1H3,(H,27,28)(H,29,30). The predicted octanol–water partition coefficient (Wildman–Crippen LogP) is 2.94. The zero-order valence-corrected chi connectivity index (χ0v) is 18.6. The van der Waals surface area contributed by atoms with Crippen LogP contribution in [0.2, 0.25) is 0 Å². The lowest BCUT2D eigenvalue weighted by Gasteiger charge is -2.33. The molecule has 1 saturated heterocycles. The Bertz CT molecular complexity index is 1030. The Hall–Kier alpha value is -4.08. The van der Waals surface area contributed by atoms with Crippen LogP contribution in [0.4, 0.5) is 10.5 Å². The summed E-state index contributed by atoms with van der Waals surface area (Å²) in [5, 5.41) is 22.1. The van der Waals surface area contributed by atoms with Crippen molar-refractivity contribution < 1.29 is 38.9 Å². The Balaban J connectivity index is 1.66. The van der Waals surface area contributed by atoms with E-state index in [2.05, 4.69) is 10.1 Å². The van der Waals surface area contributed by atoms with Crippen molar-refractivity contribution in [1.29, 1.82) is 0 Å². The molecule has 1 fully saturated rings. The molecule has 10 nitrogen and oxygen atoms in total. The highest BCUT2D eigenvalue weighted by Gasteiger charge is 2.32. The molecule has 0 saturated carbocycles. The van der Waals surface area contributed by atoms with Gasteiger partial charge in [-0.2, -0.15) is 0 Å². The van der Waals surface area contributed by atoms with Gasteiger partial charge in [-0.25, -0.2) is 9.59 Å². The van der Waals surface area contributed by atoms with Crippen LogP contribution in [0.15, 0.2) is 48.5 Å². The van der Waals surface area contributed by atoms with Gasteiger partial charge in [0.05, 0.1) is 12.7 Å². The average Bonchev–Trinajstić information content (AvgIpc) is 2.83. The molecule has 3 N–H and O–H groups in total. The summed E-state index contributed by atoms with van der Waals surface area (Å²) in [6.45, 7) is 1.02. The van der Waals surface area contributed by atoms with E-state index in [1.54, 1.807) is 4.90 Å². The lowest BCUT2D eigenvalue weighted by Crippen LogP contribution is -2.42. The Labute approximate surface area is 196 Å². The Kier molecular flexibility index (Phi) is 8.07. The summed E-state index contributed by atoms with van der Waals surface area (Å²) in [6.07, 6.45) is 0.676. The van der Waals surface area contributed by atoms with Crippen LogP contribution >= 0.6 is 0 Å². The molecule has 0 bridgehead atoms. The number of nitrogens with one attached hydrogen (secondary N) is 1. The van der Waals surface area contributed by atoms with Crippen LogP contribution in [0.3, 0.4) is 0 Å². The summed E-state index contributed by atoms with van der Waals surface area (Å²) in [5.41, 5.74) is 1.19. The fourth-order valence-electron chi connectivity index (χ4n) is 3.79. The Morgan fingerprint density at radius 1 is 1.03 bits per heavy atom. The topological polar surface area (TPSA) is 142 Å². The predicted molar refractivity (Wildman–Crippen MR) is 121 cm³/mol. The van der Waals surface area contributed by atoms with Gasteiger partial charge in [-0.05, 0) is 36.6 Å². The molecule has 0 aliphatic carbocycles. The lowest BCUT2D eigenvalue weighted by atomic mass is 9.94. The number of carboxylic acid groups (broad SMARTS) is 2. The average molecular weight is 470 g/mol. The number of hydrogen-bond acceptors (Lipinski definition) is 7.